The van der Waals surface area contributed by atoms with Gasteiger partial charge < -0.3 is 19.4 Å². The van der Waals surface area contributed by atoms with E-state index in [0.29, 0.717) is 13.1 Å². The van der Waals surface area contributed by atoms with E-state index >= 15 is 0 Å². The molecule has 0 saturated carbocycles. The van der Waals surface area contributed by atoms with Crippen molar-refractivity contribution < 1.29 is 19.1 Å². The van der Waals surface area contributed by atoms with Crippen molar-refractivity contribution in [1.82, 2.24) is 29.7 Å². The van der Waals surface area contributed by atoms with Gasteiger partial charge in [-0.05, 0) is 115 Å². The number of thiophene rings is 1. The topological polar surface area (TPSA) is 116 Å². The van der Waals surface area contributed by atoms with Crippen molar-refractivity contribution in [1.29, 1.82) is 0 Å². The zero-order valence-corrected chi connectivity index (χ0v) is 28.7. The molecule has 5 aromatic rings. The van der Waals surface area contributed by atoms with E-state index in [1.165, 1.54) is 0 Å². The molecule has 2 N–H and O–H groups in total. The first-order valence-corrected chi connectivity index (χ1v) is 17.2. The lowest BCUT2D eigenvalue weighted by atomic mass is 10.1. The first kappa shape index (κ1) is 31.2. The molecule has 2 amide bonds. The number of carbonyl (C=O) groups is 2. The standard InChI is InChI=1S/C36H42N6O4S/c1-35(2,3)45-33(43)41-17-7-9-27(41)31-37-23-13-11-21(19-25(23)39-31)29-15-16-30(47-29)22-12-14-24-26(20-22)40-32(38-24)28-10-8-18-42(28)34(44)46-36(4,5)6/h11-16,19-20,27-28H,7-10,17-18H2,1-6H3,(H,37,39)(H,38,40)/t27-,28+. The maximum Gasteiger partial charge on any atom is 0.410 e. The van der Waals surface area contributed by atoms with Gasteiger partial charge in [-0.25, -0.2) is 19.6 Å². The number of amides is 2. The molecule has 2 atom stereocenters. The van der Waals surface area contributed by atoms with Crippen LogP contribution in [0.15, 0.2) is 48.5 Å². The van der Waals surface area contributed by atoms with Crippen molar-refractivity contribution in [2.24, 2.45) is 0 Å². The summed E-state index contributed by atoms with van der Waals surface area (Å²) in [7, 11) is 0. The maximum absolute atomic E-state index is 12.9. The second-order valence-electron chi connectivity index (χ2n) is 14.5. The van der Waals surface area contributed by atoms with Crippen molar-refractivity contribution in [2.75, 3.05) is 13.1 Å². The number of H-pyrrole nitrogens is 2. The van der Waals surface area contributed by atoms with Crippen LogP contribution in [-0.2, 0) is 9.47 Å². The van der Waals surface area contributed by atoms with Gasteiger partial charge in [0, 0.05) is 22.8 Å². The predicted molar refractivity (Wildman–Crippen MR) is 184 cm³/mol. The van der Waals surface area contributed by atoms with E-state index in [4.69, 9.17) is 19.4 Å². The highest BCUT2D eigenvalue weighted by atomic mass is 32.1. The Labute approximate surface area is 278 Å². The van der Waals surface area contributed by atoms with Gasteiger partial charge in [-0.2, -0.15) is 0 Å². The number of hydrogen-bond acceptors (Lipinski definition) is 7. The number of fused-ring (bicyclic) bond motifs is 2. The van der Waals surface area contributed by atoms with Crippen LogP contribution in [0, 0.1) is 0 Å². The molecule has 0 radical (unpaired) electrons. The molecule has 0 aliphatic carbocycles. The number of aromatic nitrogens is 4. The largest absolute Gasteiger partial charge is 0.444 e. The molecule has 47 heavy (non-hydrogen) atoms. The summed E-state index contributed by atoms with van der Waals surface area (Å²) in [6.45, 7) is 12.7. The summed E-state index contributed by atoms with van der Waals surface area (Å²) in [6.07, 6.45) is 2.95. The molecule has 0 spiro atoms. The first-order valence-electron chi connectivity index (χ1n) is 16.4. The number of hydrogen-bond donors (Lipinski definition) is 2. The summed E-state index contributed by atoms with van der Waals surface area (Å²) in [6, 6.07) is 16.6. The van der Waals surface area contributed by atoms with Crippen LogP contribution in [0.25, 0.3) is 42.9 Å². The van der Waals surface area contributed by atoms with Gasteiger partial charge in [0.2, 0.25) is 0 Å². The molecule has 5 heterocycles. The van der Waals surface area contributed by atoms with E-state index in [-0.39, 0.29) is 24.3 Å². The van der Waals surface area contributed by atoms with Crippen LogP contribution in [0.2, 0.25) is 0 Å². The van der Waals surface area contributed by atoms with Crippen LogP contribution in [0.5, 0.6) is 0 Å². The van der Waals surface area contributed by atoms with Crippen LogP contribution in [0.3, 0.4) is 0 Å². The number of nitrogens with one attached hydrogen (secondary N) is 2. The number of aromatic amines is 2. The van der Waals surface area contributed by atoms with Crippen LogP contribution < -0.4 is 0 Å². The molecular formula is C36H42N6O4S. The molecule has 11 heteroatoms. The Morgan fingerprint density at radius 2 is 1.13 bits per heavy atom. The molecular weight excluding hydrogens is 613 g/mol. The Hall–Kier alpha value is -4.38. The quantitative estimate of drug-likeness (QED) is 0.200. The lowest BCUT2D eigenvalue weighted by molar-refractivity contribution is 0.0208. The summed E-state index contributed by atoms with van der Waals surface area (Å²) in [5, 5.41) is 0. The summed E-state index contributed by atoms with van der Waals surface area (Å²) in [5.41, 5.74) is 4.78. The summed E-state index contributed by atoms with van der Waals surface area (Å²) in [5.74, 6) is 1.60. The minimum absolute atomic E-state index is 0.124. The third kappa shape index (κ3) is 6.45. The molecule has 2 aliphatic heterocycles. The molecule has 10 nitrogen and oxygen atoms in total. The normalized spacial score (nSPS) is 18.9. The van der Waals surface area contributed by atoms with Gasteiger partial charge >= 0.3 is 12.2 Å². The Balaban J connectivity index is 1.10. The van der Waals surface area contributed by atoms with Crippen LogP contribution in [-0.4, -0.2) is 66.2 Å². The highest BCUT2D eigenvalue weighted by molar-refractivity contribution is 7.18. The number of imidazole rings is 2. The first-order chi connectivity index (χ1) is 22.3. The molecule has 246 valence electrons. The number of carbonyl (C=O) groups excluding carboxylic acids is 2. The van der Waals surface area contributed by atoms with Crippen molar-refractivity contribution in [3.8, 4) is 20.9 Å². The van der Waals surface area contributed by atoms with E-state index in [2.05, 4.69) is 46.4 Å². The zero-order chi connectivity index (χ0) is 33.1. The molecule has 2 fully saturated rings. The smallest absolute Gasteiger partial charge is 0.410 e. The highest BCUT2D eigenvalue weighted by Crippen LogP contribution is 2.39. The molecule has 2 saturated heterocycles. The Kier molecular flexibility index (Phi) is 7.77. The van der Waals surface area contributed by atoms with E-state index in [9.17, 15) is 9.59 Å². The minimum Gasteiger partial charge on any atom is -0.444 e. The lowest BCUT2D eigenvalue weighted by Gasteiger charge is -2.27. The van der Waals surface area contributed by atoms with Crippen LogP contribution in [0.4, 0.5) is 9.59 Å². The van der Waals surface area contributed by atoms with Crippen molar-refractivity contribution in [2.45, 2.75) is 90.5 Å². The Morgan fingerprint density at radius 1 is 0.702 bits per heavy atom. The molecule has 2 aliphatic rings. The molecule has 3 aromatic heterocycles. The van der Waals surface area contributed by atoms with Gasteiger partial charge in [0.1, 0.15) is 22.9 Å². The predicted octanol–water partition coefficient (Wildman–Crippen LogP) is 8.98. The van der Waals surface area contributed by atoms with Crippen molar-refractivity contribution in [3.05, 3.63) is 60.2 Å². The lowest BCUT2D eigenvalue weighted by Crippen LogP contribution is -2.36. The third-order valence-electron chi connectivity index (χ3n) is 8.57. The third-order valence-corrected chi connectivity index (χ3v) is 9.75. The molecule has 0 unspecified atom stereocenters. The van der Waals surface area contributed by atoms with Crippen LogP contribution in [0.1, 0.15) is 91.0 Å². The second-order valence-corrected chi connectivity index (χ2v) is 15.6. The van der Waals surface area contributed by atoms with Crippen LogP contribution >= 0.6 is 11.3 Å². The number of nitrogens with zero attached hydrogens (tertiary/aromatic N) is 4. The SMILES string of the molecule is CC(C)(C)OC(=O)N1CCC[C@@H]1c1nc2ccc(-c3ccc(-c4ccc5nc([C@@H]6CCCN6C(=O)OC(C)(C)C)[nH]c5c4)s3)cc2[nH]1. The van der Waals surface area contributed by atoms with E-state index < -0.39 is 11.2 Å². The second kappa shape index (κ2) is 11.7. The minimum atomic E-state index is -0.541. The van der Waals surface area contributed by atoms with E-state index in [1.54, 1.807) is 21.1 Å². The summed E-state index contributed by atoms with van der Waals surface area (Å²) < 4.78 is 11.3. The number of benzene rings is 2. The Bertz CT molecular complexity index is 1820. The van der Waals surface area contributed by atoms with Gasteiger partial charge in [0.15, 0.2) is 0 Å². The molecule has 2 aromatic carbocycles. The average Bonchev–Trinajstić information content (AvgIpc) is 3.82. The summed E-state index contributed by atoms with van der Waals surface area (Å²) >= 11 is 1.73. The molecule has 7 rings (SSSR count). The van der Waals surface area contributed by atoms with E-state index in [0.717, 1.165) is 80.3 Å². The summed E-state index contributed by atoms with van der Waals surface area (Å²) in [4.78, 5) is 48.3. The van der Waals surface area contributed by atoms with Gasteiger partial charge in [-0.3, -0.25) is 9.80 Å². The number of ether oxygens (including phenoxy) is 2. The fourth-order valence-corrected chi connectivity index (χ4v) is 7.51. The highest BCUT2D eigenvalue weighted by Gasteiger charge is 2.36. The van der Waals surface area contributed by atoms with Gasteiger partial charge in [0.25, 0.3) is 0 Å². The van der Waals surface area contributed by atoms with E-state index in [1.807, 2.05) is 53.7 Å². The zero-order valence-electron chi connectivity index (χ0n) is 27.8. The Morgan fingerprint density at radius 3 is 1.53 bits per heavy atom. The van der Waals surface area contributed by atoms with Crippen molar-refractivity contribution in [3.63, 3.8) is 0 Å². The fraction of sp³-hybridized carbons (Fsp3) is 0.444. The van der Waals surface area contributed by atoms with Gasteiger partial charge in [-0.15, -0.1) is 11.3 Å². The average molecular weight is 655 g/mol. The monoisotopic (exact) mass is 654 g/mol. The van der Waals surface area contributed by atoms with Gasteiger partial charge in [0.05, 0.1) is 34.2 Å². The fourth-order valence-electron chi connectivity index (χ4n) is 6.51. The maximum atomic E-state index is 12.9. The van der Waals surface area contributed by atoms with Gasteiger partial charge in [-0.1, -0.05) is 12.1 Å². The van der Waals surface area contributed by atoms with Crippen molar-refractivity contribution >= 4 is 45.6 Å². The number of likely N-dealkylation sites (tertiary alicyclic amines) is 2. The number of rotatable bonds is 4. The molecule has 0 bridgehead atoms.